The van der Waals surface area contributed by atoms with Crippen molar-refractivity contribution in [1.29, 1.82) is 0 Å². The molecule has 1 heterocycles. The van der Waals surface area contributed by atoms with E-state index in [-0.39, 0.29) is 11.7 Å². The lowest BCUT2D eigenvalue weighted by Crippen LogP contribution is -2.43. The van der Waals surface area contributed by atoms with Gasteiger partial charge in [-0.15, -0.1) is 0 Å². The summed E-state index contributed by atoms with van der Waals surface area (Å²) in [5.41, 5.74) is 2.07. The van der Waals surface area contributed by atoms with Crippen LogP contribution in [0.25, 0.3) is 0 Å². The molecule has 1 unspecified atom stereocenters. The molecule has 0 bridgehead atoms. The maximum atomic E-state index is 12.9. The van der Waals surface area contributed by atoms with Gasteiger partial charge in [-0.05, 0) is 43.7 Å². The second-order valence-electron chi connectivity index (χ2n) is 5.74. The molecule has 2 aromatic carbocycles. The highest BCUT2D eigenvalue weighted by molar-refractivity contribution is 6.01. The summed E-state index contributed by atoms with van der Waals surface area (Å²) in [5.74, 6) is 0.788. The molecule has 2 aromatic rings. The van der Waals surface area contributed by atoms with Gasteiger partial charge in [0.2, 0.25) is 0 Å². The molecule has 1 amide bonds. The van der Waals surface area contributed by atoms with Crippen molar-refractivity contribution in [2.24, 2.45) is 0 Å². The number of phenolic OH excluding ortho intramolecular Hbond substituents is 1. The van der Waals surface area contributed by atoms with Crippen LogP contribution in [0.2, 0.25) is 0 Å². The van der Waals surface area contributed by atoms with E-state index in [2.05, 4.69) is 5.32 Å². The molecule has 2 N–H and O–H groups in total. The molecule has 1 aliphatic rings. The first-order valence-electron chi connectivity index (χ1n) is 8.28. The average molecular weight is 326 g/mol. The Morgan fingerprint density at radius 3 is 2.75 bits per heavy atom. The SMILES string of the molecule is CCCN1C(=O)c2ccccc2NC1c1cc(OCC)ccc1O. The zero-order chi connectivity index (χ0) is 17.1. The Hall–Kier alpha value is -2.69. The van der Waals surface area contributed by atoms with E-state index < -0.39 is 6.17 Å². The molecule has 1 aliphatic heterocycles. The summed E-state index contributed by atoms with van der Waals surface area (Å²) in [6, 6.07) is 12.6. The van der Waals surface area contributed by atoms with Gasteiger partial charge in [-0.2, -0.15) is 0 Å². The first-order valence-corrected chi connectivity index (χ1v) is 8.28. The van der Waals surface area contributed by atoms with Crippen molar-refractivity contribution < 1.29 is 14.6 Å². The van der Waals surface area contributed by atoms with E-state index in [4.69, 9.17) is 4.74 Å². The van der Waals surface area contributed by atoms with E-state index >= 15 is 0 Å². The number of anilines is 1. The Morgan fingerprint density at radius 2 is 2.00 bits per heavy atom. The minimum Gasteiger partial charge on any atom is -0.508 e. The van der Waals surface area contributed by atoms with Crippen LogP contribution in [-0.2, 0) is 0 Å². The number of benzene rings is 2. The van der Waals surface area contributed by atoms with Gasteiger partial charge in [0, 0.05) is 17.8 Å². The number of para-hydroxylation sites is 1. The number of fused-ring (bicyclic) bond motifs is 1. The molecule has 1 atom stereocenters. The summed E-state index contributed by atoms with van der Waals surface area (Å²) in [6.07, 6.45) is 0.408. The number of hydrogen-bond acceptors (Lipinski definition) is 4. The Balaban J connectivity index is 2.05. The molecule has 3 rings (SSSR count). The van der Waals surface area contributed by atoms with Crippen molar-refractivity contribution in [3.05, 3.63) is 53.6 Å². The minimum atomic E-state index is -0.423. The summed E-state index contributed by atoms with van der Waals surface area (Å²) in [7, 11) is 0. The standard InChI is InChI=1S/C19H22N2O3/c1-3-11-21-18(15-12-13(24-4-2)9-10-17(15)22)20-16-8-6-5-7-14(16)19(21)23/h5-10,12,18,20,22H,3-4,11H2,1-2H3. The van der Waals surface area contributed by atoms with E-state index in [1.165, 1.54) is 0 Å². The van der Waals surface area contributed by atoms with Crippen LogP contribution in [0.1, 0.15) is 42.4 Å². The van der Waals surface area contributed by atoms with E-state index in [0.717, 1.165) is 12.1 Å². The lowest BCUT2D eigenvalue weighted by Gasteiger charge is -2.38. The molecule has 0 spiro atoms. The van der Waals surface area contributed by atoms with Crippen LogP contribution in [0, 0.1) is 0 Å². The van der Waals surface area contributed by atoms with Crippen molar-refractivity contribution in [2.45, 2.75) is 26.4 Å². The highest BCUT2D eigenvalue weighted by Gasteiger charge is 2.33. The van der Waals surface area contributed by atoms with Crippen molar-refractivity contribution in [2.75, 3.05) is 18.5 Å². The number of ether oxygens (including phenoxy) is 1. The molecular formula is C19H22N2O3. The predicted octanol–water partition coefficient (Wildman–Crippen LogP) is 3.77. The third kappa shape index (κ3) is 2.89. The number of aromatic hydroxyl groups is 1. The fourth-order valence-corrected chi connectivity index (χ4v) is 3.02. The Kier molecular flexibility index (Phi) is 4.60. The lowest BCUT2D eigenvalue weighted by atomic mass is 10.0. The Labute approximate surface area is 141 Å². The summed E-state index contributed by atoms with van der Waals surface area (Å²) in [5, 5.41) is 13.7. The Bertz CT molecular complexity index is 745. The zero-order valence-corrected chi connectivity index (χ0v) is 14.0. The van der Waals surface area contributed by atoms with Crippen molar-refractivity contribution in [1.82, 2.24) is 4.90 Å². The van der Waals surface area contributed by atoms with E-state index in [1.54, 1.807) is 23.1 Å². The van der Waals surface area contributed by atoms with Crippen LogP contribution >= 0.6 is 0 Å². The van der Waals surface area contributed by atoms with Gasteiger partial charge in [0.25, 0.3) is 5.91 Å². The van der Waals surface area contributed by atoms with Gasteiger partial charge in [-0.25, -0.2) is 0 Å². The third-order valence-electron chi connectivity index (χ3n) is 4.09. The summed E-state index contributed by atoms with van der Waals surface area (Å²) < 4.78 is 5.54. The first-order chi connectivity index (χ1) is 11.7. The second kappa shape index (κ2) is 6.83. The van der Waals surface area contributed by atoms with Crippen molar-refractivity contribution in [3.63, 3.8) is 0 Å². The molecule has 126 valence electrons. The van der Waals surface area contributed by atoms with Gasteiger partial charge in [0.15, 0.2) is 0 Å². The van der Waals surface area contributed by atoms with Gasteiger partial charge >= 0.3 is 0 Å². The number of nitrogens with zero attached hydrogens (tertiary/aromatic N) is 1. The number of carbonyl (C=O) groups is 1. The van der Waals surface area contributed by atoms with Crippen LogP contribution in [-0.4, -0.2) is 29.1 Å². The maximum Gasteiger partial charge on any atom is 0.257 e. The lowest BCUT2D eigenvalue weighted by molar-refractivity contribution is 0.0681. The molecule has 0 fully saturated rings. The molecule has 0 aliphatic carbocycles. The molecule has 5 heteroatoms. The van der Waals surface area contributed by atoms with E-state index in [0.29, 0.717) is 30.0 Å². The number of rotatable bonds is 5. The Morgan fingerprint density at radius 1 is 1.21 bits per heavy atom. The average Bonchev–Trinajstić information content (AvgIpc) is 2.59. The molecule has 0 radical (unpaired) electrons. The zero-order valence-electron chi connectivity index (χ0n) is 14.0. The smallest absolute Gasteiger partial charge is 0.257 e. The molecular weight excluding hydrogens is 304 g/mol. The van der Waals surface area contributed by atoms with Crippen LogP contribution < -0.4 is 10.1 Å². The van der Waals surface area contributed by atoms with Crippen molar-refractivity contribution in [3.8, 4) is 11.5 Å². The number of hydrogen-bond donors (Lipinski definition) is 2. The van der Waals surface area contributed by atoms with E-state index in [9.17, 15) is 9.90 Å². The third-order valence-corrected chi connectivity index (χ3v) is 4.09. The fourth-order valence-electron chi connectivity index (χ4n) is 3.02. The molecule has 0 aromatic heterocycles. The number of amides is 1. The van der Waals surface area contributed by atoms with E-state index in [1.807, 2.05) is 38.1 Å². The molecule has 5 nitrogen and oxygen atoms in total. The number of nitrogens with one attached hydrogen (secondary N) is 1. The van der Waals surface area contributed by atoms with Crippen molar-refractivity contribution >= 4 is 11.6 Å². The summed E-state index contributed by atoms with van der Waals surface area (Å²) in [4.78, 5) is 14.6. The maximum absolute atomic E-state index is 12.9. The number of carbonyl (C=O) groups excluding carboxylic acids is 1. The highest BCUT2D eigenvalue weighted by atomic mass is 16.5. The van der Waals surface area contributed by atoms with Crippen LogP contribution in [0.15, 0.2) is 42.5 Å². The fraction of sp³-hybridized carbons (Fsp3) is 0.316. The van der Waals surface area contributed by atoms with Crippen LogP contribution in [0.5, 0.6) is 11.5 Å². The van der Waals surface area contributed by atoms with Gasteiger partial charge < -0.3 is 20.1 Å². The second-order valence-corrected chi connectivity index (χ2v) is 5.74. The van der Waals surface area contributed by atoms with Gasteiger partial charge in [-0.3, -0.25) is 4.79 Å². The number of phenols is 1. The van der Waals surface area contributed by atoms with Crippen LogP contribution in [0.3, 0.4) is 0 Å². The normalized spacial score (nSPS) is 16.5. The van der Waals surface area contributed by atoms with Gasteiger partial charge in [0.05, 0.1) is 12.2 Å². The molecule has 0 saturated carbocycles. The molecule has 0 saturated heterocycles. The summed E-state index contributed by atoms with van der Waals surface area (Å²) in [6.45, 7) is 5.09. The van der Waals surface area contributed by atoms with Gasteiger partial charge in [0.1, 0.15) is 17.7 Å². The monoisotopic (exact) mass is 326 g/mol. The largest absolute Gasteiger partial charge is 0.508 e. The topological polar surface area (TPSA) is 61.8 Å². The first kappa shape index (κ1) is 16.2. The minimum absolute atomic E-state index is 0.0302. The predicted molar refractivity (Wildman–Crippen MR) is 93.4 cm³/mol. The quantitative estimate of drug-likeness (QED) is 0.878. The van der Waals surface area contributed by atoms with Gasteiger partial charge in [-0.1, -0.05) is 19.1 Å². The molecule has 24 heavy (non-hydrogen) atoms. The summed E-state index contributed by atoms with van der Waals surface area (Å²) >= 11 is 0. The highest BCUT2D eigenvalue weighted by Crippen LogP contribution is 2.37. The van der Waals surface area contributed by atoms with Crippen LogP contribution in [0.4, 0.5) is 5.69 Å².